The molecule has 0 amide bonds. The Morgan fingerprint density at radius 2 is 1.88 bits per heavy atom. The van der Waals surface area contributed by atoms with Gasteiger partial charge in [-0.15, -0.1) is 0 Å². The van der Waals surface area contributed by atoms with Gasteiger partial charge in [-0.2, -0.15) is 0 Å². The molecule has 2 heteroatoms. The van der Waals surface area contributed by atoms with Crippen LogP contribution in [0.5, 0.6) is 0 Å². The van der Waals surface area contributed by atoms with Crippen LogP contribution in [0, 0.1) is 25.7 Å². The molecule has 1 aromatic heterocycles. The fourth-order valence-corrected chi connectivity index (χ4v) is 2.87. The normalized spacial score (nSPS) is 26.0. The maximum atomic E-state index is 5.59. The highest BCUT2D eigenvalue weighted by molar-refractivity contribution is 5.23. The zero-order valence-electron chi connectivity index (χ0n) is 11.7. The summed E-state index contributed by atoms with van der Waals surface area (Å²) in [6, 6.07) is 3.27. The highest BCUT2D eigenvalue weighted by atomic mass is 16.3. The molecule has 2 nitrogen and oxygen atoms in total. The lowest BCUT2D eigenvalue weighted by Gasteiger charge is -2.40. The van der Waals surface area contributed by atoms with E-state index in [-0.39, 0.29) is 0 Å². The first-order valence-electron chi connectivity index (χ1n) is 6.80. The van der Waals surface area contributed by atoms with Crippen LogP contribution in [0.2, 0.25) is 0 Å². The van der Waals surface area contributed by atoms with Crippen molar-refractivity contribution in [1.82, 2.24) is 5.32 Å². The average molecular weight is 235 g/mol. The second-order valence-corrected chi connectivity index (χ2v) is 5.93. The summed E-state index contributed by atoms with van der Waals surface area (Å²) in [5.41, 5.74) is 1.32. The summed E-state index contributed by atoms with van der Waals surface area (Å²) in [6.07, 6.45) is 2.66. The zero-order valence-corrected chi connectivity index (χ0v) is 11.7. The van der Waals surface area contributed by atoms with Crippen LogP contribution in [0.25, 0.3) is 0 Å². The van der Waals surface area contributed by atoms with Crippen LogP contribution in [-0.4, -0.2) is 6.04 Å². The zero-order chi connectivity index (χ0) is 12.6. The molecule has 1 unspecified atom stereocenters. The Hall–Kier alpha value is -0.760. The third-order valence-electron chi connectivity index (χ3n) is 4.15. The number of hydrogen-bond donors (Lipinski definition) is 1. The molecule has 96 valence electrons. The van der Waals surface area contributed by atoms with E-state index in [4.69, 9.17) is 4.42 Å². The minimum Gasteiger partial charge on any atom is -0.466 e. The summed E-state index contributed by atoms with van der Waals surface area (Å²) in [5.74, 6) is 3.83. The van der Waals surface area contributed by atoms with Crippen LogP contribution in [-0.2, 0) is 0 Å². The Labute approximate surface area is 105 Å². The molecule has 0 bridgehead atoms. The van der Waals surface area contributed by atoms with E-state index in [1.165, 1.54) is 18.4 Å². The van der Waals surface area contributed by atoms with Crippen LogP contribution >= 0.6 is 0 Å². The predicted octanol–water partition coefficient (Wildman–Crippen LogP) is 3.98. The van der Waals surface area contributed by atoms with Gasteiger partial charge in [-0.05, 0) is 51.5 Å². The van der Waals surface area contributed by atoms with E-state index in [2.05, 4.69) is 39.1 Å². The third-order valence-corrected chi connectivity index (χ3v) is 4.15. The molecule has 0 radical (unpaired) electrons. The molecule has 17 heavy (non-hydrogen) atoms. The van der Waals surface area contributed by atoms with E-state index in [1.807, 2.05) is 6.92 Å². The Balaban J connectivity index is 1.87. The van der Waals surface area contributed by atoms with Crippen LogP contribution in [0.4, 0.5) is 0 Å². The summed E-state index contributed by atoms with van der Waals surface area (Å²) in [5, 5.41) is 3.71. The number of nitrogens with one attached hydrogen (secondary N) is 1. The van der Waals surface area contributed by atoms with Gasteiger partial charge in [-0.25, -0.2) is 0 Å². The first-order chi connectivity index (χ1) is 7.97. The molecule has 0 saturated heterocycles. The Bertz CT molecular complexity index is 374. The lowest BCUT2D eigenvalue weighted by Crippen LogP contribution is -2.44. The maximum Gasteiger partial charge on any atom is 0.105 e. The van der Waals surface area contributed by atoms with E-state index in [9.17, 15) is 0 Å². The smallest absolute Gasteiger partial charge is 0.105 e. The van der Waals surface area contributed by atoms with E-state index in [0.29, 0.717) is 12.1 Å². The standard InChI is InChI=1S/C15H25NO/c1-9(2)13-7-14(8-13)16-11(4)15-6-10(3)17-12(15)5/h6,9,11,13-14,16H,7-8H2,1-5H3. The van der Waals surface area contributed by atoms with Gasteiger partial charge >= 0.3 is 0 Å². The van der Waals surface area contributed by atoms with Crippen LogP contribution in [0.3, 0.4) is 0 Å². The lowest BCUT2D eigenvalue weighted by atomic mass is 9.73. The van der Waals surface area contributed by atoms with Gasteiger partial charge in [0.05, 0.1) is 0 Å². The number of aryl methyl sites for hydroxylation is 2. The molecular weight excluding hydrogens is 210 g/mol. The van der Waals surface area contributed by atoms with Gasteiger partial charge < -0.3 is 9.73 Å². The second kappa shape index (κ2) is 4.85. The van der Waals surface area contributed by atoms with E-state index in [1.54, 1.807) is 0 Å². The van der Waals surface area contributed by atoms with E-state index in [0.717, 1.165) is 23.4 Å². The quantitative estimate of drug-likeness (QED) is 0.854. The first-order valence-corrected chi connectivity index (χ1v) is 6.80. The Kier molecular flexibility index (Phi) is 3.62. The molecular formula is C15H25NO. The lowest BCUT2D eigenvalue weighted by molar-refractivity contribution is 0.159. The Morgan fingerprint density at radius 1 is 1.24 bits per heavy atom. The van der Waals surface area contributed by atoms with Crippen molar-refractivity contribution < 1.29 is 4.42 Å². The van der Waals surface area contributed by atoms with Gasteiger partial charge in [0.15, 0.2) is 0 Å². The topological polar surface area (TPSA) is 25.2 Å². The van der Waals surface area contributed by atoms with Crippen molar-refractivity contribution in [3.63, 3.8) is 0 Å². The minimum atomic E-state index is 0.408. The van der Waals surface area contributed by atoms with Crippen molar-refractivity contribution in [3.8, 4) is 0 Å². The fourth-order valence-electron chi connectivity index (χ4n) is 2.87. The Morgan fingerprint density at radius 3 is 2.35 bits per heavy atom. The number of hydrogen-bond acceptors (Lipinski definition) is 2. The van der Waals surface area contributed by atoms with Gasteiger partial charge in [0.2, 0.25) is 0 Å². The van der Waals surface area contributed by atoms with Gasteiger partial charge in [0.25, 0.3) is 0 Å². The molecule has 2 rings (SSSR count). The fraction of sp³-hybridized carbons (Fsp3) is 0.733. The molecule has 1 N–H and O–H groups in total. The summed E-state index contributed by atoms with van der Waals surface area (Å²) in [7, 11) is 0. The van der Waals surface area contributed by atoms with Crippen molar-refractivity contribution >= 4 is 0 Å². The SMILES string of the molecule is Cc1cc(C(C)NC2CC(C(C)C)C2)c(C)o1. The molecule has 1 atom stereocenters. The van der Waals surface area contributed by atoms with E-state index < -0.39 is 0 Å². The molecule has 1 aromatic rings. The molecule has 1 heterocycles. The molecule has 0 spiro atoms. The monoisotopic (exact) mass is 235 g/mol. The van der Waals surface area contributed by atoms with Gasteiger partial charge in [-0.3, -0.25) is 0 Å². The van der Waals surface area contributed by atoms with Gasteiger partial charge in [0.1, 0.15) is 11.5 Å². The van der Waals surface area contributed by atoms with Crippen molar-refractivity contribution in [2.45, 2.75) is 59.5 Å². The van der Waals surface area contributed by atoms with Gasteiger partial charge in [0, 0.05) is 17.6 Å². The second-order valence-electron chi connectivity index (χ2n) is 5.93. The van der Waals surface area contributed by atoms with Crippen LogP contribution < -0.4 is 5.32 Å². The predicted molar refractivity (Wildman–Crippen MR) is 71.1 cm³/mol. The third kappa shape index (κ3) is 2.74. The highest BCUT2D eigenvalue weighted by Crippen LogP contribution is 2.35. The van der Waals surface area contributed by atoms with Crippen LogP contribution in [0.15, 0.2) is 10.5 Å². The summed E-state index contributed by atoms with van der Waals surface area (Å²) >= 11 is 0. The molecule has 1 fully saturated rings. The molecule has 1 aliphatic rings. The average Bonchev–Trinajstić information content (AvgIpc) is 2.49. The van der Waals surface area contributed by atoms with Gasteiger partial charge in [-0.1, -0.05) is 13.8 Å². The number of rotatable bonds is 4. The summed E-state index contributed by atoms with van der Waals surface area (Å²) in [4.78, 5) is 0. The van der Waals surface area contributed by atoms with E-state index >= 15 is 0 Å². The molecule has 1 aliphatic carbocycles. The van der Waals surface area contributed by atoms with Crippen molar-refractivity contribution in [2.75, 3.05) is 0 Å². The summed E-state index contributed by atoms with van der Waals surface area (Å²) < 4.78 is 5.59. The van der Waals surface area contributed by atoms with Crippen molar-refractivity contribution in [1.29, 1.82) is 0 Å². The molecule has 0 aliphatic heterocycles. The minimum absolute atomic E-state index is 0.408. The largest absolute Gasteiger partial charge is 0.466 e. The molecule has 1 saturated carbocycles. The van der Waals surface area contributed by atoms with Crippen molar-refractivity contribution in [2.24, 2.45) is 11.8 Å². The maximum absolute atomic E-state index is 5.59. The number of furan rings is 1. The molecule has 0 aromatic carbocycles. The van der Waals surface area contributed by atoms with Crippen LogP contribution in [0.1, 0.15) is 56.7 Å². The van der Waals surface area contributed by atoms with Crippen molar-refractivity contribution in [3.05, 3.63) is 23.2 Å². The first kappa shape index (κ1) is 12.7. The highest BCUT2D eigenvalue weighted by Gasteiger charge is 2.32. The summed E-state index contributed by atoms with van der Waals surface area (Å²) in [6.45, 7) is 11.0.